The first-order valence-electron chi connectivity index (χ1n) is 5.90. The number of hydrogen-bond acceptors (Lipinski definition) is 3. The standard InChI is InChI=1S/C13H19FN2O2/c1-9(15-3)8-16-13(17)10(2)18-12-6-4-5-11(14)7-12/h4-7,9-10,15H,8H2,1-3H3,(H,16,17). The number of likely N-dealkylation sites (N-methyl/N-ethyl adjacent to an activating group) is 1. The van der Waals surface area contributed by atoms with Crippen LogP contribution in [0.15, 0.2) is 24.3 Å². The molecule has 2 unspecified atom stereocenters. The lowest BCUT2D eigenvalue weighted by Gasteiger charge is -2.16. The lowest BCUT2D eigenvalue weighted by Crippen LogP contribution is -2.42. The number of rotatable bonds is 6. The van der Waals surface area contributed by atoms with Crippen molar-refractivity contribution >= 4 is 5.91 Å². The average molecular weight is 254 g/mol. The monoisotopic (exact) mass is 254 g/mol. The highest BCUT2D eigenvalue weighted by molar-refractivity contribution is 5.80. The zero-order chi connectivity index (χ0) is 13.5. The fourth-order valence-corrected chi connectivity index (χ4v) is 1.30. The third kappa shape index (κ3) is 4.71. The first-order valence-corrected chi connectivity index (χ1v) is 5.90. The molecule has 1 aromatic carbocycles. The Morgan fingerprint density at radius 1 is 1.44 bits per heavy atom. The molecule has 5 heteroatoms. The van der Waals surface area contributed by atoms with Gasteiger partial charge in [-0.25, -0.2) is 4.39 Å². The summed E-state index contributed by atoms with van der Waals surface area (Å²) in [5.41, 5.74) is 0. The van der Waals surface area contributed by atoms with Crippen LogP contribution in [-0.2, 0) is 4.79 Å². The number of ether oxygens (including phenoxy) is 1. The molecule has 0 saturated carbocycles. The van der Waals surface area contributed by atoms with E-state index in [2.05, 4.69) is 10.6 Å². The van der Waals surface area contributed by atoms with E-state index in [1.54, 1.807) is 19.1 Å². The first-order chi connectivity index (χ1) is 8.52. The lowest BCUT2D eigenvalue weighted by molar-refractivity contribution is -0.127. The van der Waals surface area contributed by atoms with Crippen LogP contribution in [0.5, 0.6) is 5.75 Å². The van der Waals surface area contributed by atoms with Gasteiger partial charge in [0, 0.05) is 18.7 Å². The molecule has 0 aliphatic carbocycles. The van der Waals surface area contributed by atoms with Crippen LogP contribution in [0.1, 0.15) is 13.8 Å². The zero-order valence-electron chi connectivity index (χ0n) is 10.9. The molecule has 1 amide bonds. The average Bonchev–Trinajstić information content (AvgIpc) is 2.35. The summed E-state index contributed by atoms with van der Waals surface area (Å²) in [6.45, 7) is 4.11. The molecule has 0 aliphatic heterocycles. The second kappa shape index (κ2) is 6.96. The van der Waals surface area contributed by atoms with Crippen LogP contribution >= 0.6 is 0 Å². The normalized spacial score (nSPS) is 13.8. The molecule has 0 aromatic heterocycles. The fraction of sp³-hybridized carbons (Fsp3) is 0.462. The minimum absolute atomic E-state index is 0.190. The van der Waals surface area contributed by atoms with Crippen molar-refractivity contribution in [2.24, 2.45) is 0 Å². The van der Waals surface area contributed by atoms with Crippen LogP contribution in [0.4, 0.5) is 4.39 Å². The van der Waals surface area contributed by atoms with E-state index in [9.17, 15) is 9.18 Å². The Balaban J connectivity index is 2.45. The van der Waals surface area contributed by atoms with Crippen molar-refractivity contribution < 1.29 is 13.9 Å². The van der Waals surface area contributed by atoms with Gasteiger partial charge in [-0.05, 0) is 33.0 Å². The van der Waals surface area contributed by atoms with Gasteiger partial charge < -0.3 is 15.4 Å². The van der Waals surface area contributed by atoms with Gasteiger partial charge >= 0.3 is 0 Å². The van der Waals surface area contributed by atoms with E-state index in [0.29, 0.717) is 12.3 Å². The van der Waals surface area contributed by atoms with Crippen molar-refractivity contribution in [2.45, 2.75) is 26.0 Å². The summed E-state index contributed by atoms with van der Waals surface area (Å²) in [6, 6.07) is 5.92. The summed E-state index contributed by atoms with van der Waals surface area (Å²) in [5.74, 6) is -0.260. The van der Waals surface area contributed by atoms with E-state index < -0.39 is 6.10 Å². The smallest absolute Gasteiger partial charge is 0.260 e. The molecule has 100 valence electrons. The molecule has 0 fully saturated rings. The van der Waals surface area contributed by atoms with Crippen LogP contribution in [0.2, 0.25) is 0 Å². The molecule has 2 N–H and O–H groups in total. The van der Waals surface area contributed by atoms with Gasteiger partial charge in [-0.3, -0.25) is 4.79 Å². The van der Waals surface area contributed by atoms with Crippen LogP contribution in [0.3, 0.4) is 0 Å². The molecule has 0 spiro atoms. The molecule has 1 aromatic rings. The summed E-state index contributed by atoms with van der Waals surface area (Å²) < 4.78 is 18.3. The summed E-state index contributed by atoms with van der Waals surface area (Å²) in [4.78, 5) is 11.7. The maximum absolute atomic E-state index is 12.9. The summed E-state index contributed by atoms with van der Waals surface area (Å²) >= 11 is 0. The summed E-state index contributed by atoms with van der Waals surface area (Å²) in [5, 5.41) is 5.76. The Bertz CT molecular complexity index is 398. The maximum Gasteiger partial charge on any atom is 0.260 e. The van der Waals surface area contributed by atoms with E-state index in [1.807, 2.05) is 14.0 Å². The van der Waals surface area contributed by atoms with Gasteiger partial charge in [0.05, 0.1) is 0 Å². The Kier molecular flexibility index (Phi) is 5.58. The summed E-state index contributed by atoms with van der Waals surface area (Å²) in [6.07, 6.45) is -0.657. The van der Waals surface area contributed by atoms with Crippen molar-refractivity contribution in [3.05, 3.63) is 30.1 Å². The molecule has 0 bridgehead atoms. The minimum Gasteiger partial charge on any atom is -0.481 e. The largest absolute Gasteiger partial charge is 0.481 e. The van der Waals surface area contributed by atoms with Crippen LogP contribution < -0.4 is 15.4 Å². The van der Waals surface area contributed by atoms with Crippen LogP contribution in [0.25, 0.3) is 0 Å². The van der Waals surface area contributed by atoms with Crippen molar-refractivity contribution in [3.8, 4) is 5.75 Å². The van der Waals surface area contributed by atoms with Crippen LogP contribution in [0, 0.1) is 5.82 Å². The number of amides is 1. The molecule has 4 nitrogen and oxygen atoms in total. The van der Waals surface area contributed by atoms with Gasteiger partial charge in [0.15, 0.2) is 6.10 Å². The number of halogens is 1. The fourth-order valence-electron chi connectivity index (χ4n) is 1.30. The van der Waals surface area contributed by atoms with Crippen LogP contribution in [-0.4, -0.2) is 31.6 Å². The van der Waals surface area contributed by atoms with Crippen molar-refractivity contribution in [3.63, 3.8) is 0 Å². The Morgan fingerprint density at radius 3 is 2.78 bits per heavy atom. The Morgan fingerprint density at radius 2 is 2.17 bits per heavy atom. The van der Waals surface area contributed by atoms with Gasteiger partial charge in [-0.2, -0.15) is 0 Å². The highest BCUT2D eigenvalue weighted by Crippen LogP contribution is 2.13. The van der Waals surface area contributed by atoms with Gasteiger partial charge in [0.25, 0.3) is 5.91 Å². The number of nitrogens with one attached hydrogen (secondary N) is 2. The molecular formula is C13H19FN2O2. The lowest BCUT2D eigenvalue weighted by atomic mass is 10.3. The first kappa shape index (κ1) is 14.4. The van der Waals surface area contributed by atoms with Gasteiger partial charge in [0.1, 0.15) is 11.6 Å². The Hall–Kier alpha value is -1.62. The third-order valence-corrected chi connectivity index (χ3v) is 2.55. The molecule has 0 aliphatic rings. The molecule has 1 rings (SSSR count). The molecule has 0 radical (unpaired) electrons. The number of carbonyl (C=O) groups excluding carboxylic acids is 1. The number of hydrogen-bond donors (Lipinski definition) is 2. The topological polar surface area (TPSA) is 50.4 Å². The van der Waals surface area contributed by atoms with Gasteiger partial charge in [-0.15, -0.1) is 0 Å². The minimum atomic E-state index is -0.657. The molecular weight excluding hydrogens is 235 g/mol. The second-order valence-electron chi connectivity index (χ2n) is 4.15. The van der Waals surface area contributed by atoms with Crippen molar-refractivity contribution in [2.75, 3.05) is 13.6 Å². The van der Waals surface area contributed by atoms with E-state index in [-0.39, 0.29) is 17.8 Å². The predicted molar refractivity (Wildman–Crippen MR) is 68.0 cm³/mol. The number of benzene rings is 1. The predicted octanol–water partition coefficient (Wildman–Crippen LogP) is 1.32. The van der Waals surface area contributed by atoms with Crippen molar-refractivity contribution in [1.82, 2.24) is 10.6 Å². The quantitative estimate of drug-likeness (QED) is 0.805. The highest BCUT2D eigenvalue weighted by Gasteiger charge is 2.15. The third-order valence-electron chi connectivity index (χ3n) is 2.55. The SMILES string of the molecule is CNC(C)CNC(=O)C(C)Oc1cccc(F)c1. The number of carbonyl (C=O) groups is 1. The van der Waals surface area contributed by atoms with E-state index in [4.69, 9.17) is 4.74 Å². The van der Waals surface area contributed by atoms with E-state index in [1.165, 1.54) is 12.1 Å². The highest BCUT2D eigenvalue weighted by atomic mass is 19.1. The van der Waals surface area contributed by atoms with Gasteiger partial charge in [-0.1, -0.05) is 6.07 Å². The molecule has 0 saturated heterocycles. The molecule has 18 heavy (non-hydrogen) atoms. The Labute approximate surface area is 107 Å². The van der Waals surface area contributed by atoms with E-state index >= 15 is 0 Å². The summed E-state index contributed by atoms with van der Waals surface area (Å²) in [7, 11) is 1.82. The van der Waals surface area contributed by atoms with Crippen molar-refractivity contribution in [1.29, 1.82) is 0 Å². The molecule has 2 atom stereocenters. The zero-order valence-corrected chi connectivity index (χ0v) is 10.9. The van der Waals surface area contributed by atoms with Gasteiger partial charge in [0.2, 0.25) is 0 Å². The molecule has 0 heterocycles. The second-order valence-corrected chi connectivity index (χ2v) is 4.15. The maximum atomic E-state index is 12.9. The van der Waals surface area contributed by atoms with E-state index in [0.717, 1.165) is 0 Å².